The van der Waals surface area contributed by atoms with E-state index in [-0.39, 0.29) is 17.7 Å². The molecule has 0 atom stereocenters. The van der Waals surface area contributed by atoms with Gasteiger partial charge in [-0.25, -0.2) is 4.39 Å². The van der Waals surface area contributed by atoms with Gasteiger partial charge in [0.05, 0.1) is 22.4 Å². The van der Waals surface area contributed by atoms with E-state index in [9.17, 15) is 4.39 Å². The Hall–Kier alpha value is -2.59. The van der Waals surface area contributed by atoms with Crippen LogP contribution < -0.4 is 9.47 Å². The normalized spacial score (nSPS) is 11.1. The molecular weight excluding hydrogens is 413 g/mol. The fraction of sp³-hybridized carbons (Fsp3) is 0.346. The molecule has 0 aliphatic heterocycles. The van der Waals surface area contributed by atoms with E-state index in [0.29, 0.717) is 5.75 Å². The van der Waals surface area contributed by atoms with Gasteiger partial charge >= 0.3 is 0 Å². The summed E-state index contributed by atoms with van der Waals surface area (Å²) in [4.78, 5) is 4.92. The maximum absolute atomic E-state index is 13.8. The number of halogens is 2. The van der Waals surface area contributed by atoms with Crippen molar-refractivity contribution in [2.75, 3.05) is 0 Å². The summed E-state index contributed by atoms with van der Waals surface area (Å²) in [6.45, 7) is 10.5. The SMILES string of the molecule is CCc1cccc(CC)c1-c1cc(OC(C)C)c(COc2ccc(Cl)c(F)c2)c(C)n1. The second-order valence-electron chi connectivity index (χ2n) is 7.76. The minimum atomic E-state index is -0.508. The molecule has 1 heterocycles. The summed E-state index contributed by atoms with van der Waals surface area (Å²) in [7, 11) is 0. The molecule has 3 rings (SSSR count). The van der Waals surface area contributed by atoms with Crippen LogP contribution >= 0.6 is 11.6 Å². The second kappa shape index (κ2) is 10.1. The van der Waals surface area contributed by atoms with Gasteiger partial charge in [0.25, 0.3) is 0 Å². The van der Waals surface area contributed by atoms with E-state index in [1.54, 1.807) is 6.07 Å². The van der Waals surface area contributed by atoms with Crippen LogP contribution in [0.25, 0.3) is 11.3 Å². The van der Waals surface area contributed by atoms with E-state index in [2.05, 4.69) is 32.0 Å². The molecular formula is C26H29ClFNO2. The van der Waals surface area contributed by atoms with Crippen molar-refractivity contribution in [3.05, 3.63) is 75.7 Å². The molecule has 0 amide bonds. The largest absolute Gasteiger partial charge is 0.490 e. The summed E-state index contributed by atoms with van der Waals surface area (Å²) in [5.41, 5.74) is 6.29. The van der Waals surface area contributed by atoms with Gasteiger partial charge in [-0.05, 0) is 56.9 Å². The molecule has 0 fully saturated rings. The Balaban J connectivity index is 2.03. The van der Waals surface area contributed by atoms with Crippen LogP contribution in [-0.4, -0.2) is 11.1 Å². The van der Waals surface area contributed by atoms with Gasteiger partial charge in [0.1, 0.15) is 23.9 Å². The molecule has 0 spiro atoms. The lowest BCUT2D eigenvalue weighted by Gasteiger charge is -2.20. The van der Waals surface area contributed by atoms with E-state index >= 15 is 0 Å². The number of nitrogens with zero attached hydrogens (tertiary/aromatic N) is 1. The maximum Gasteiger partial charge on any atom is 0.145 e. The highest BCUT2D eigenvalue weighted by molar-refractivity contribution is 6.30. The second-order valence-corrected chi connectivity index (χ2v) is 8.17. The van der Waals surface area contributed by atoms with Gasteiger partial charge in [-0.1, -0.05) is 43.6 Å². The molecule has 0 saturated heterocycles. The number of hydrogen-bond acceptors (Lipinski definition) is 3. The Labute approximate surface area is 189 Å². The molecule has 0 bridgehead atoms. The van der Waals surface area contributed by atoms with Crippen molar-refractivity contribution in [1.82, 2.24) is 4.98 Å². The molecule has 31 heavy (non-hydrogen) atoms. The van der Waals surface area contributed by atoms with Crippen LogP contribution in [0.5, 0.6) is 11.5 Å². The van der Waals surface area contributed by atoms with E-state index in [4.69, 9.17) is 26.1 Å². The highest BCUT2D eigenvalue weighted by Crippen LogP contribution is 2.34. The Kier molecular flexibility index (Phi) is 7.55. The van der Waals surface area contributed by atoms with Gasteiger partial charge in [-0.3, -0.25) is 4.98 Å². The number of benzene rings is 2. The molecule has 1 aromatic heterocycles. The Bertz CT molecular complexity index is 1040. The van der Waals surface area contributed by atoms with Crippen molar-refractivity contribution in [2.45, 2.75) is 60.2 Å². The van der Waals surface area contributed by atoms with Crippen LogP contribution in [0.2, 0.25) is 5.02 Å². The van der Waals surface area contributed by atoms with Crippen molar-refractivity contribution < 1.29 is 13.9 Å². The van der Waals surface area contributed by atoms with Gasteiger partial charge in [0.2, 0.25) is 0 Å². The standard InChI is InChI=1S/C26H29ClFNO2/c1-6-18-9-8-10-19(7-2)26(18)24-14-25(31-16(3)4)21(17(5)29-24)15-30-20-11-12-22(27)23(28)13-20/h8-14,16H,6-7,15H2,1-5H3. The summed E-state index contributed by atoms with van der Waals surface area (Å²) < 4.78 is 25.8. The van der Waals surface area contributed by atoms with Gasteiger partial charge in [-0.2, -0.15) is 0 Å². The Morgan fingerprint density at radius 2 is 1.71 bits per heavy atom. The molecule has 0 N–H and O–H groups in total. The molecule has 164 valence electrons. The summed E-state index contributed by atoms with van der Waals surface area (Å²) in [6.07, 6.45) is 1.85. The third-order valence-electron chi connectivity index (χ3n) is 5.18. The number of aromatic nitrogens is 1. The number of aryl methyl sites for hydroxylation is 3. The summed E-state index contributed by atoms with van der Waals surface area (Å²) in [5, 5.41) is 0.0692. The van der Waals surface area contributed by atoms with Crippen LogP contribution in [0.15, 0.2) is 42.5 Å². The third-order valence-corrected chi connectivity index (χ3v) is 5.49. The quantitative estimate of drug-likeness (QED) is 0.366. The first-order valence-corrected chi connectivity index (χ1v) is 11.1. The van der Waals surface area contributed by atoms with Gasteiger partial charge in [0, 0.05) is 23.4 Å². The van der Waals surface area contributed by atoms with Crippen LogP contribution in [0.4, 0.5) is 4.39 Å². The minimum Gasteiger partial charge on any atom is -0.490 e. The monoisotopic (exact) mass is 441 g/mol. The number of pyridine rings is 1. The van der Waals surface area contributed by atoms with E-state index in [1.807, 2.05) is 26.8 Å². The average Bonchev–Trinajstić information content (AvgIpc) is 2.74. The fourth-order valence-corrected chi connectivity index (χ4v) is 3.74. The highest BCUT2D eigenvalue weighted by atomic mass is 35.5. The predicted octanol–water partition coefficient (Wildman–Crippen LogP) is 7.34. The predicted molar refractivity (Wildman–Crippen MR) is 125 cm³/mol. The van der Waals surface area contributed by atoms with Crippen molar-refractivity contribution in [3.63, 3.8) is 0 Å². The highest BCUT2D eigenvalue weighted by Gasteiger charge is 2.18. The zero-order valence-electron chi connectivity index (χ0n) is 18.8. The zero-order chi connectivity index (χ0) is 22.5. The first-order valence-electron chi connectivity index (χ1n) is 10.7. The topological polar surface area (TPSA) is 31.4 Å². The van der Waals surface area contributed by atoms with Crippen molar-refractivity contribution in [1.29, 1.82) is 0 Å². The summed E-state index contributed by atoms with van der Waals surface area (Å²) in [6, 6.07) is 12.8. The molecule has 2 aromatic carbocycles. The average molecular weight is 442 g/mol. The van der Waals surface area contributed by atoms with E-state index < -0.39 is 5.82 Å². The van der Waals surface area contributed by atoms with Crippen molar-refractivity contribution >= 4 is 11.6 Å². The van der Waals surface area contributed by atoms with Crippen LogP contribution in [0.3, 0.4) is 0 Å². The number of rotatable bonds is 8. The molecule has 0 aliphatic carbocycles. The third kappa shape index (κ3) is 5.37. The summed E-state index contributed by atoms with van der Waals surface area (Å²) >= 11 is 5.77. The van der Waals surface area contributed by atoms with Gasteiger partial charge in [-0.15, -0.1) is 0 Å². The summed E-state index contributed by atoms with van der Waals surface area (Å²) in [5.74, 6) is 0.636. The molecule has 3 aromatic rings. The fourth-order valence-electron chi connectivity index (χ4n) is 3.63. The first-order chi connectivity index (χ1) is 14.8. The molecule has 5 heteroatoms. The molecule has 0 aliphatic rings. The zero-order valence-corrected chi connectivity index (χ0v) is 19.5. The van der Waals surface area contributed by atoms with Crippen LogP contribution in [-0.2, 0) is 19.4 Å². The molecule has 0 unspecified atom stereocenters. The van der Waals surface area contributed by atoms with Crippen LogP contribution in [0, 0.1) is 12.7 Å². The number of hydrogen-bond donors (Lipinski definition) is 0. The van der Waals surface area contributed by atoms with Gasteiger partial charge < -0.3 is 9.47 Å². The minimum absolute atomic E-state index is 0.00607. The molecule has 0 saturated carbocycles. The molecule has 0 radical (unpaired) electrons. The smallest absolute Gasteiger partial charge is 0.145 e. The van der Waals surface area contributed by atoms with Crippen molar-refractivity contribution in [2.24, 2.45) is 0 Å². The number of ether oxygens (including phenoxy) is 2. The van der Waals surface area contributed by atoms with Crippen LogP contribution in [0.1, 0.15) is 50.1 Å². The lowest BCUT2D eigenvalue weighted by Crippen LogP contribution is -2.11. The first kappa shape index (κ1) is 23.1. The van der Waals surface area contributed by atoms with E-state index in [1.165, 1.54) is 28.8 Å². The lowest BCUT2D eigenvalue weighted by atomic mass is 9.94. The molecule has 3 nitrogen and oxygen atoms in total. The van der Waals surface area contributed by atoms with Gasteiger partial charge in [0.15, 0.2) is 0 Å². The Morgan fingerprint density at radius 1 is 1.03 bits per heavy atom. The maximum atomic E-state index is 13.8. The van der Waals surface area contributed by atoms with E-state index in [0.717, 1.165) is 35.5 Å². The van der Waals surface area contributed by atoms with Crippen molar-refractivity contribution in [3.8, 4) is 22.8 Å². The lowest BCUT2D eigenvalue weighted by molar-refractivity contribution is 0.229. The Morgan fingerprint density at radius 3 is 2.29 bits per heavy atom.